The third kappa shape index (κ3) is 49.8. The molecule has 0 aromatic rings. The Kier molecular flexibility index (Phi) is 55.7. The zero-order valence-corrected chi connectivity index (χ0v) is 45.9. The number of carbonyl (C=O) groups excluding carboxylic acids is 1. The summed E-state index contributed by atoms with van der Waals surface area (Å²) < 4.78 is 0. The van der Waals surface area contributed by atoms with Gasteiger partial charge in [-0.05, 0) is 64.2 Å². The normalized spacial score (nSPS) is 13.8. The van der Waals surface area contributed by atoms with Crippen LogP contribution >= 0.6 is 0 Å². The van der Waals surface area contributed by atoms with E-state index in [1.165, 1.54) is 270 Å². The van der Waals surface area contributed by atoms with Crippen molar-refractivity contribution in [1.82, 2.24) is 5.32 Å². The Balaban J connectivity index is 3.51. The average Bonchev–Trinajstić information content (AvgIpc) is 3.34. The van der Waals surface area contributed by atoms with Crippen LogP contribution in [-0.2, 0) is 4.79 Å². The van der Waals surface area contributed by atoms with E-state index in [-0.39, 0.29) is 0 Å². The topological polar surface area (TPSA) is 110 Å². The Labute approximate surface area is 425 Å². The van der Waals surface area contributed by atoms with Crippen molar-refractivity contribution < 1.29 is 25.2 Å². The van der Waals surface area contributed by atoms with Crippen LogP contribution in [0.2, 0.25) is 0 Å². The fourth-order valence-corrected chi connectivity index (χ4v) is 9.82. The Morgan fingerprint density at radius 1 is 0.353 bits per heavy atom. The van der Waals surface area contributed by atoms with E-state index in [0.717, 1.165) is 38.5 Å². The highest BCUT2D eigenvalue weighted by Gasteiger charge is 2.28. The summed E-state index contributed by atoms with van der Waals surface area (Å²) in [4.78, 5) is 12.6. The molecule has 6 nitrogen and oxygen atoms in total. The number of carbonyl (C=O) groups is 1. The predicted molar refractivity (Wildman–Crippen MR) is 298 cm³/mol. The van der Waals surface area contributed by atoms with Crippen molar-refractivity contribution in [3.05, 3.63) is 24.3 Å². The molecule has 5 N–H and O–H groups in total. The summed E-state index contributed by atoms with van der Waals surface area (Å²) in [5, 5.41) is 43.9. The zero-order chi connectivity index (χ0) is 49.5. The van der Waals surface area contributed by atoms with Crippen molar-refractivity contribution in [3.63, 3.8) is 0 Å². The van der Waals surface area contributed by atoms with Gasteiger partial charge in [0, 0.05) is 0 Å². The number of unbranched alkanes of at least 4 members (excludes halogenated alkanes) is 44. The molecule has 0 saturated heterocycles. The summed E-state index contributed by atoms with van der Waals surface area (Å²) in [5.74, 6) is -0.589. The molecule has 0 aromatic heterocycles. The highest BCUT2D eigenvalue weighted by molar-refractivity contribution is 5.80. The van der Waals surface area contributed by atoms with E-state index < -0.39 is 36.9 Å². The monoisotopic (exact) mass is 960 g/mol. The van der Waals surface area contributed by atoms with E-state index in [4.69, 9.17) is 0 Å². The molecule has 0 aliphatic rings. The molecule has 0 bridgehead atoms. The first-order chi connectivity index (χ1) is 33.5. The molecule has 404 valence electrons. The number of aliphatic hydroxyl groups is 4. The molecule has 6 heteroatoms. The molecular formula is C62H121NO5. The van der Waals surface area contributed by atoms with Crippen LogP contribution in [0.3, 0.4) is 0 Å². The lowest BCUT2D eigenvalue weighted by Gasteiger charge is -2.27. The average molecular weight is 961 g/mol. The largest absolute Gasteiger partial charge is 0.394 e. The molecule has 4 unspecified atom stereocenters. The van der Waals surface area contributed by atoms with Crippen molar-refractivity contribution in [2.45, 2.75) is 359 Å². The third-order valence-corrected chi connectivity index (χ3v) is 14.6. The maximum absolute atomic E-state index is 12.6. The second kappa shape index (κ2) is 56.7. The standard InChI is InChI=1S/C62H121NO5/c1-3-5-7-9-11-13-15-17-19-20-21-22-23-24-25-26-27-28-29-30-31-32-33-34-35-36-37-38-39-40-41-42-44-46-48-50-52-54-56-60(66)62(68)63-58(57-64)61(67)59(65)55-53-51-49-47-45-43-18-16-14-12-10-8-6-4-2/h30-31,47,49,58-61,64-67H,3-29,32-46,48,50-57H2,1-2H3,(H,63,68)/b31-30-,49-47+. The molecule has 0 radical (unpaired) electrons. The van der Waals surface area contributed by atoms with Crippen molar-refractivity contribution in [3.8, 4) is 0 Å². The maximum Gasteiger partial charge on any atom is 0.249 e. The Morgan fingerprint density at radius 3 is 0.882 bits per heavy atom. The Hall–Kier alpha value is -1.21. The number of aliphatic hydroxyl groups excluding tert-OH is 4. The number of rotatable bonds is 57. The van der Waals surface area contributed by atoms with Gasteiger partial charge in [0.15, 0.2) is 0 Å². The van der Waals surface area contributed by atoms with Gasteiger partial charge in [-0.15, -0.1) is 0 Å². The number of amides is 1. The molecular weight excluding hydrogens is 839 g/mol. The van der Waals surface area contributed by atoms with E-state index in [1.54, 1.807) is 0 Å². The van der Waals surface area contributed by atoms with Crippen LogP contribution in [0.4, 0.5) is 0 Å². The zero-order valence-electron chi connectivity index (χ0n) is 45.9. The smallest absolute Gasteiger partial charge is 0.249 e. The summed E-state index contributed by atoms with van der Waals surface area (Å²) in [7, 11) is 0. The summed E-state index contributed by atoms with van der Waals surface area (Å²) in [6.45, 7) is 4.07. The van der Waals surface area contributed by atoms with Crippen molar-refractivity contribution in [2.24, 2.45) is 0 Å². The highest BCUT2D eigenvalue weighted by atomic mass is 16.3. The molecule has 0 rings (SSSR count). The quantitative estimate of drug-likeness (QED) is 0.0308. The summed E-state index contributed by atoms with van der Waals surface area (Å²) in [5.41, 5.74) is 0. The molecule has 0 aliphatic carbocycles. The molecule has 0 aliphatic heterocycles. The first-order valence-electron chi connectivity index (χ1n) is 30.7. The maximum atomic E-state index is 12.6. The van der Waals surface area contributed by atoms with Gasteiger partial charge in [-0.25, -0.2) is 0 Å². The number of allylic oxidation sites excluding steroid dienone is 4. The fraction of sp³-hybridized carbons (Fsp3) is 0.919. The van der Waals surface area contributed by atoms with Gasteiger partial charge in [0.2, 0.25) is 5.91 Å². The molecule has 0 heterocycles. The van der Waals surface area contributed by atoms with Gasteiger partial charge in [-0.2, -0.15) is 0 Å². The van der Waals surface area contributed by atoms with E-state index >= 15 is 0 Å². The lowest BCUT2D eigenvalue weighted by Crippen LogP contribution is -2.53. The van der Waals surface area contributed by atoms with Gasteiger partial charge in [0.1, 0.15) is 12.2 Å². The van der Waals surface area contributed by atoms with Crippen LogP contribution in [0.15, 0.2) is 24.3 Å². The second-order valence-electron chi connectivity index (χ2n) is 21.4. The van der Waals surface area contributed by atoms with Gasteiger partial charge >= 0.3 is 0 Å². The summed E-state index contributed by atoms with van der Waals surface area (Å²) >= 11 is 0. The van der Waals surface area contributed by atoms with Gasteiger partial charge in [-0.1, -0.05) is 295 Å². The minimum absolute atomic E-state index is 0.366. The SMILES string of the molecule is CCCCCCCCCCC/C=C/CCCC(O)C(O)C(CO)NC(=O)C(O)CCCCCCCCCCCCCCCCCC/C=C\CCCCCCCCCCCCCCCCCCCC. The van der Waals surface area contributed by atoms with Crippen molar-refractivity contribution in [1.29, 1.82) is 0 Å². The molecule has 1 amide bonds. The third-order valence-electron chi connectivity index (χ3n) is 14.6. The Bertz CT molecular complexity index is 1030. The summed E-state index contributed by atoms with van der Waals surface area (Å²) in [6, 6.07) is -1.000. The van der Waals surface area contributed by atoms with Gasteiger partial charge < -0.3 is 25.7 Å². The van der Waals surface area contributed by atoms with Gasteiger partial charge in [0.25, 0.3) is 0 Å². The van der Waals surface area contributed by atoms with Crippen LogP contribution < -0.4 is 5.32 Å². The van der Waals surface area contributed by atoms with Gasteiger partial charge in [0.05, 0.1) is 18.8 Å². The highest BCUT2D eigenvalue weighted by Crippen LogP contribution is 2.18. The fourth-order valence-electron chi connectivity index (χ4n) is 9.82. The molecule has 0 fully saturated rings. The van der Waals surface area contributed by atoms with Crippen LogP contribution in [0.5, 0.6) is 0 Å². The number of nitrogens with one attached hydrogen (secondary N) is 1. The van der Waals surface area contributed by atoms with Crippen LogP contribution in [0, 0.1) is 0 Å². The minimum Gasteiger partial charge on any atom is -0.394 e. The van der Waals surface area contributed by atoms with Crippen LogP contribution in [-0.4, -0.2) is 57.3 Å². The molecule has 0 spiro atoms. The van der Waals surface area contributed by atoms with E-state index in [9.17, 15) is 25.2 Å². The number of hydrogen-bond donors (Lipinski definition) is 5. The lowest BCUT2D eigenvalue weighted by molar-refractivity contribution is -0.132. The molecule has 4 atom stereocenters. The van der Waals surface area contributed by atoms with Crippen molar-refractivity contribution in [2.75, 3.05) is 6.61 Å². The molecule has 68 heavy (non-hydrogen) atoms. The first-order valence-corrected chi connectivity index (χ1v) is 30.7. The number of hydrogen-bond acceptors (Lipinski definition) is 5. The summed E-state index contributed by atoms with van der Waals surface area (Å²) in [6.07, 6.45) is 70.1. The molecule has 0 saturated carbocycles. The van der Waals surface area contributed by atoms with Crippen LogP contribution in [0.25, 0.3) is 0 Å². The lowest BCUT2D eigenvalue weighted by atomic mass is 10.00. The molecule has 0 aromatic carbocycles. The van der Waals surface area contributed by atoms with Gasteiger partial charge in [-0.3, -0.25) is 4.79 Å². The predicted octanol–water partition coefficient (Wildman–Crippen LogP) is 18.2. The minimum atomic E-state index is -1.28. The van der Waals surface area contributed by atoms with Crippen molar-refractivity contribution >= 4 is 5.91 Å². The van der Waals surface area contributed by atoms with E-state index in [2.05, 4.69) is 43.5 Å². The van der Waals surface area contributed by atoms with Crippen LogP contribution in [0.1, 0.15) is 335 Å². The van der Waals surface area contributed by atoms with E-state index in [0.29, 0.717) is 12.8 Å². The second-order valence-corrected chi connectivity index (χ2v) is 21.4. The van der Waals surface area contributed by atoms with E-state index in [1.807, 2.05) is 0 Å². The Morgan fingerprint density at radius 2 is 0.603 bits per heavy atom. The first kappa shape index (κ1) is 66.8.